The Hall–Kier alpha value is -2.43. The first kappa shape index (κ1) is 16.1. The lowest BCUT2D eigenvalue weighted by atomic mass is 10.0. The standard InChI is InChI=1S/C21H19NO2S/c1-16-12-14-19(15-13-16)25(23,24)22-20(17-8-4-2-5-9-17)21(22)18-10-6-3-7-11-18/h2-15,20-21H,1H3/t20-,21?,22?/m1/s1. The van der Waals surface area contributed by atoms with Gasteiger partial charge in [0.2, 0.25) is 10.0 Å². The Morgan fingerprint density at radius 1 is 0.680 bits per heavy atom. The minimum atomic E-state index is -3.54. The van der Waals surface area contributed by atoms with Crippen molar-refractivity contribution in [3.05, 3.63) is 102 Å². The Balaban J connectivity index is 1.77. The van der Waals surface area contributed by atoms with E-state index in [0.717, 1.165) is 16.7 Å². The van der Waals surface area contributed by atoms with Gasteiger partial charge < -0.3 is 0 Å². The van der Waals surface area contributed by atoms with Gasteiger partial charge in [0.05, 0.1) is 17.0 Å². The monoisotopic (exact) mass is 349 g/mol. The highest BCUT2D eigenvalue weighted by atomic mass is 32.2. The van der Waals surface area contributed by atoms with Crippen LogP contribution in [0.15, 0.2) is 89.8 Å². The van der Waals surface area contributed by atoms with E-state index in [1.54, 1.807) is 16.4 Å². The second-order valence-electron chi connectivity index (χ2n) is 6.36. The van der Waals surface area contributed by atoms with Crippen LogP contribution in [0.2, 0.25) is 0 Å². The SMILES string of the molecule is Cc1ccc(S(=O)(=O)N2C(c3ccccc3)[C@H]2c2ccccc2)cc1. The quantitative estimate of drug-likeness (QED) is 0.651. The van der Waals surface area contributed by atoms with E-state index >= 15 is 0 Å². The minimum absolute atomic E-state index is 0.157. The Bertz CT molecular complexity index is 922. The molecule has 4 heteroatoms. The molecule has 3 aromatic carbocycles. The summed E-state index contributed by atoms with van der Waals surface area (Å²) in [6.45, 7) is 1.95. The minimum Gasteiger partial charge on any atom is -0.207 e. The molecule has 1 heterocycles. The maximum atomic E-state index is 13.2. The van der Waals surface area contributed by atoms with Crippen molar-refractivity contribution < 1.29 is 8.42 Å². The zero-order valence-corrected chi connectivity index (χ0v) is 14.7. The summed E-state index contributed by atoms with van der Waals surface area (Å²) in [6, 6.07) is 26.4. The van der Waals surface area contributed by atoms with Gasteiger partial charge in [0.25, 0.3) is 0 Å². The third-order valence-electron chi connectivity index (χ3n) is 4.64. The molecule has 0 aliphatic carbocycles. The van der Waals surface area contributed by atoms with Crippen molar-refractivity contribution in [1.82, 2.24) is 4.31 Å². The number of sulfonamides is 1. The van der Waals surface area contributed by atoms with Gasteiger partial charge in [-0.15, -0.1) is 0 Å². The van der Waals surface area contributed by atoms with Crippen LogP contribution < -0.4 is 0 Å². The van der Waals surface area contributed by atoms with Crippen LogP contribution in [0.5, 0.6) is 0 Å². The summed E-state index contributed by atoms with van der Waals surface area (Å²) in [4.78, 5) is 0.345. The average Bonchev–Trinajstić information content (AvgIpc) is 3.40. The van der Waals surface area contributed by atoms with Crippen LogP contribution in [0, 0.1) is 6.92 Å². The van der Waals surface area contributed by atoms with Gasteiger partial charge in [0, 0.05) is 0 Å². The highest BCUT2D eigenvalue weighted by Crippen LogP contribution is 2.57. The first-order valence-electron chi connectivity index (χ1n) is 8.29. The number of aryl methyl sites for hydroxylation is 1. The molecule has 0 spiro atoms. The fourth-order valence-electron chi connectivity index (χ4n) is 3.30. The third kappa shape index (κ3) is 2.88. The Morgan fingerprint density at radius 3 is 1.56 bits per heavy atom. The average molecular weight is 349 g/mol. The van der Waals surface area contributed by atoms with Crippen molar-refractivity contribution in [2.45, 2.75) is 23.9 Å². The largest absolute Gasteiger partial charge is 0.244 e. The van der Waals surface area contributed by atoms with Crippen LogP contribution in [0.25, 0.3) is 0 Å². The second-order valence-corrected chi connectivity index (χ2v) is 8.20. The van der Waals surface area contributed by atoms with Crippen molar-refractivity contribution in [1.29, 1.82) is 0 Å². The Kier molecular flexibility index (Phi) is 3.94. The Morgan fingerprint density at radius 2 is 1.12 bits per heavy atom. The molecule has 4 rings (SSSR count). The second kappa shape index (κ2) is 6.14. The maximum Gasteiger partial charge on any atom is 0.244 e. The third-order valence-corrected chi connectivity index (χ3v) is 6.51. The zero-order chi connectivity index (χ0) is 17.4. The number of hydrogen-bond acceptors (Lipinski definition) is 2. The van der Waals surface area contributed by atoms with E-state index in [-0.39, 0.29) is 12.1 Å². The fraction of sp³-hybridized carbons (Fsp3) is 0.143. The molecular formula is C21H19NO2S. The first-order valence-corrected chi connectivity index (χ1v) is 9.73. The van der Waals surface area contributed by atoms with E-state index < -0.39 is 10.0 Å². The van der Waals surface area contributed by atoms with Crippen LogP contribution in [0.3, 0.4) is 0 Å². The summed E-state index contributed by atoms with van der Waals surface area (Å²) >= 11 is 0. The van der Waals surface area contributed by atoms with E-state index in [2.05, 4.69) is 0 Å². The lowest BCUT2D eigenvalue weighted by Gasteiger charge is -2.07. The highest BCUT2D eigenvalue weighted by molar-refractivity contribution is 7.89. The molecule has 0 saturated carbocycles. The Labute approximate surface area is 148 Å². The van der Waals surface area contributed by atoms with Crippen LogP contribution in [-0.4, -0.2) is 12.7 Å². The number of benzene rings is 3. The van der Waals surface area contributed by atoms with Gasteiger partial charge in [-0.2, -0.15) is 4.31 Å². The lowest BCUT2D eigenvalue weighted by molar-refractivity contribution is 0.547. The molecule has 0 aromatic heterocycles. The summed E-state index contributed by atoms with van der Waals surface area (Å²) in [5, 5.41) is 0. The van der Waals surface area contributed by atoms with Gasteiger partial charge in [0.15, 0.2) is 0 Å². The van der Waals surface area contributed by atoms with E-state index in [0.29, 0.717) is 4.90 Å². The molecule has 0 bridgehead atoms. The molecule has 1 aliphatic rings. The van der Waals surface area contributed by atoms with Gasteiger partial charge in [-0.1, -0.05) is 78.4 Å². The number of rotatable bonds is 4. The predicted octanol–water partition coefficient (Wildman–Crippen LogP) is 4.48. The summed E-state index contributed by atoms with van der Waals surface area (Å²) in [7, 11) is -3.54. The van der Waals surface area contributed by atoms with Crippen molar-refractivity contribution in [3.63, 3.8) is 0 Å². The van der Waals surface area contributed by atoms with E-state index in [4.69, 9.17) is 0 Å². The van der Waals surface area contributed by atoms with Crippen LogP contribution >= 0.6 is 0 Å². The summed E-state index contributed by atoms with van der Waals surface area (Å²) < 4.78 is 28.0. The summed E-state index contributed by atoms with van der Waals surface area (Å²) in [6.07, 6.45) is 0. The molecule has 126 valence electrons. The molecule has 25 heavy (non-hydrogen) atoms. The predicted molar refractivity (Wildman–Crippen MR) is 98.6 cm³/mol. The van der Waals surface area contributed by atoms with Crippen molar-refractivity contribution in [3.8, 4) is 0 Å². The van der Waals surface area contributed by atoms with Gasteiger partial charge in [0.1, 0.15) is 0 Å². The molecule has 1 saturated heterocycles. The maximum absolute atomic E-state index is 13.2. The van der Waals surface area contributed by atoms with Gasteiger partial charge >= 0.3 is 0 Å². The summed E-state index contributed by atoms with van der Waals surface area (Å²) in [5.74, 6) is 0. The first-order chi connectivity index (χ1) is 12.1. The molecule has 3 atom stereocenters. The van der Waals surface area contributed by atoms with Crippen LogP contribution in [0.4, 0.5) is 0 Å². The van der Waals surface area contributed by atoms with E-state index in [1.807, 2.05) is 79.7 Å². The van der Waals surface area contributed by atoms with Crippen molar-refractivity contribution in [2.24, 2.45) is 0 Å². The molecule has 3 aromatic rings. The van der Waals surface area contributed by atoms with E-state index in [1.165, 1.54) is 0 Å². The van der Waals surface area contributed by atoms with Gasteiger partial charge in [-0.3, -0.25) is 0 Å². The zero-order valence-electron chi connectivity index (χ0n) is 13.9. The molecule has 1 aliphatic heterocycles. The van der Waals surface area contributed by atoms with Gasteiger partial charge in [-0.05, 0) is 30.2 Å². The molecular weight excluding hydrogens is 330 g/mol. The smallest absolute Gasteiger partial charge is 0.207 e. The van der Waals surface area contributed by atoms with Crippen LogP contribution in [0.1, 0.15) is 28.8 Å². The molecule has 2 unspecified atom stereocenters. The molecule has 0 amide bonds. The molecule has 3 nitrogen and oxygen atoms in total. The van der Waals surface area contributed by atoms with Crippen molar-refractivity contribution in [2.75, 3.05) is 0 Å². The van der Waals surface area contributed by atoms with Crippen LogP contribution in [-0.2, 0) is 10.0 Å². The lowest BCUT2D eigenvalue weighted by Crippen LogP contribution is -2.13. The molecule has 0 N–H and O–H groups in total. The summed E-state index contributed by atoms with van der Waals surface area (Å²) in [5.41, 5.74) is 3.09. The number of nitrogens with zero attached hydrogens (tertiary/aromatic N) is 1. The fourth-order valence-corrected chi connectivity index (χ4v) is 5.04. The highest BCUT2D eigenvalue weighted by Gasteiger charge is 2.56. The molecule has 1 fully saturated rings. The number of hydrogen-bond donors (Lipinski definition) is 0. The topological polar surface area (TPSA) is 37.1 Å². The van der Waals surface area contributed by atoms with Gasteiger partial charge in [-0.25, -0.2) is 8.42 Å². The normalized spacial score (nSPS) is 22.5. The van der Waals surface area contributed by atoms with Crippen molar-refractivity contribution >= 4 is 10.0 Å². The van der Waals surface area contributed by atoms with E-state index in [9.17, 15) is 8.42 Å². The molecule has 0 radical (unpaired) electrons.